The summed E-state index contributed by atoms with van der Waals surface area (Å²) in [4.78, 5) is 50.2. The molecule has 0 unspecified atom stereocenters. The quantitative estimate of drug-likeness (QED) is 0.362. The van der Waals surface area contributed by atoms with Gasteiger partial charge in [-0.2, -0.15) is 0 Å². The molecule has 35 heavy (non-hydrogen) atoms. The predicted molar refractivity (Wildman–Crippen MR) is 131 cm³/mol. The number of nitrogens with one attached hydrogen (secondary N) is 2. The molecule has 2 aromatic rings. The Morgan fingerprint density at radius 2 is 1.77 bits per heavy atom. The van der Waals surface area contributed by atoms with Crippen LogP contribution in [0.3, 0.4) is 0 Å². The molecule has 0 atom stereocenters. The Kier molecular flexibility index (Phi) is 9.42. The third kappa shape index (κ3) is 7.68. The number of carbonyl (C=O) groups is 4. The molecule has 0 aromatic heterocycles. The number of halogens is 1. The highest BCUT2D eigenvalue weighted by Crippen LogP contribution is 2.31. The molecule has 0 saturated carbocycles. The summed E-state index contributed by atoms with van der Waals surface area (Å²) in [6.45, 7) is 2.47. The summed E-state index contributed by atoms with van der Waals surface area (Å²) in [6.07, 6.45) is 3.49. The highest BCUT2D eigenvalue weighted by atomic mass is 32.2. The Morgan fingerprint density at radius 1 is 1.06 bits per heavy atom. The lowest BCUT2D eigenvalue weighted by atomic mass is 10.2. The second kappa shape index (κ2) is 12.7. The second-order valence-corrected chi connectivity index (χ2v) is 8.64. The molecule has 0 spiro atoms. The molecule has 1 heterocycles. The Balaban J connectivity index is 1.40. The van der Waals surface area contributed by atoms with E-state index in [9.17, 15) is 23.6 Å². The van der Waals surface area contributed by atoms with Crippen molar-refractivity contribution in [1.29, 1.82) is 0 Å². The van der Waals surface area contributed by atoms with Crippen LogP contribution < -0.4 is 15.4 Å². The molecule has 0 radical (unpaired) electrons. The summed E-state index contributed by atoms with van der Waals surface area (Å²) in [6, 6.07) is 12.2. The number of unbranched alkanes of at least 4 members (excludes halogenated alkanes) is 1. The number of amides is 4. The fraction of sp³-hybridized carbons (Fsp3) is 0.280. The van der Waals surface area contributed by atoms with E-state index in [1.54, 1.807) is 24.3 Å². The minimum Gasteiger partial charge on any atom is -0.494 e. The number of benzene rings is 2. The maximum Gasteiger partial charge on any atom is 0.293 e. The summed E-state index contributed by atoms with van der Waals surface area (Å²) >= 11 is 0.784. The topological polar surface area (TPSA) is 105 Å². The fourth-order valence-electron chi connectivity index (χ4n) is 3.07. The molecule has 184 valence electrons. The van der Waals surface area contributed by atoms with Crippen LogP contribution in [0.2, 0.25) is 0 Å². The van der Waals surface area contributed by atoms with Gasteiger partial charge in [0, 0.05) is 18.7 Å². The van der Waals surface area contributed by atoms with Crippen LogP contribution in [0.1, 0.15) is 35.7 Å². The van der Waals surface area contributed by atoms with E-state index in [1.165, 1.54) is 30.3 Å². The molecule has 0 aliphatic carbocycles. The minimum atomic E-state index is -0.478. The fourth-order valence-corrected chi connectivity index (χ4v) is 3.94. The lowest BCUT2D eigenvalue weighted by molar-refractivity contribution is -0.124. The Bertz CT molecular complexity index is 1100. The van der Waals surface area contributed by atoms with Crippen LogP contribution in [-0.4, -0.2) is 54.1 Å². The Morgan fingerprint density at radius 3 is 2.46 bits per heavy atom. The van der Waals surface area contributed by atoms with Crippen LogP contribution >= 0.6 is 11.8 Å². The summed E-state index contributed by atoms with van der Waals surface area (Å²) in [5, 5.41) is 4.65. The van der Waals surface area contributed by atoms with Crippen molar-refractivity contribution in [3.63, 3.8) is 0 Å². The van der Waals surface area contributed by atoms with Crippen LogP contribution in [0.4, 0.5) is 9.18 Å². The zero-order valence-corrected chi connectivity index (χ0v) is 20.0. The zero-order chi connectivity index (χ0) is 25.2. The molecule has 2 N–H and O–H groups in total. The molecule has 1 aliphatic heterocycles. The van der Waals surface area contributed by atoms with Crippen molar-refractivity contribution < 1.29 is 28.3 Å². The second-order valence-electron chi connectivity index (χ2n) is 7.64. The molecule has 8 nitrogen and oxygen atoms in total. The molecular weight excluding hydrogens is 473 g/mol. The number of ether oxygens (including phenoxy) is 1. The van der Waals surface area contributed by atoms with Gasteiger partial charge in [0.2, 0.25) is 5.91 Å². The van der Waals surface area contributed by atoms with E-state index in [-0.39, 0.29) is 24.5 Å². The van der Waals surface area contributed by atoms with Gasteiger partial charge < -0.3 is 15.4 Å². The monoisotopic (exact) mass is 499 g/mol. The minimum absolute atomic E-state index is 0.00932. The predicted octanol–water partition coefficient (Wildman–Crippen LogP) is 3.59. The maximum atomic E-state index is 13.0. The number of carbonyl (C=O) groups excluding carboxylic acids is 4. The Hall–Kier alpha value is -3.66. The SMILES string of the molecule is CCCCOc1ccc(C(=O)NCC(=O)NCCN2C(=O)S/C(=C\c3ccc(F)cc3)C2=O)cc1. The average molecular weight is 500 g/mol. The molecule has 4 amide bonds. The largest absolute Gasteiger partial charge is 0.494 e. The molecule has 2 aromatic carbocycles. The van der Waals surface area contributed by atoms with Gasteiger partial charge >= 0.3 is 0 Å². The highest BCUT2D eigenvalue weighted by Gasteiger charge is 2.34. The van der Waals surface area contributed by atoms with Gasteiger partial charge in [-0.1, -0.05) is 25.5 Å². The van der Waals surface area contributed by atoms with E-state index in [1.807, 2.05) is 0 Å². The smallest absolute Gasteiger partial charge is 0.293 e. The maximum absolute atomic E-state index is 13.0. The molecular formula is C25H26FN3O5S. The van der Waals surface area contributed by atoms with Gasteiger partial charge in [-0.15, -0.1) is 0 Å². The van der Waals surface area contributed by atoms with Crippen LogP contribution in [0, 0.1) is 5.82 Å². The highest BCUT2D eigenvalue weighted by molar-refractivity contribution is 8.18. The van der Waals surface area contributed by atoms with Crippen LogP contribution in [0.15, 0.2) is 53.4 Å². The molecule has 3 rings (SSSR count). The first-order chi connectivity index (χ1) is 16.9. The Labute approximate surface area is 206 Å². The van der Waals surface area contributed by atoms with E-state index in [0.717, 1.165) is 29.5 Å². The number of hydrogen-bond acceptors (Lipinski definition) is 6. The standard InChI is InChI=1S/C25H26FN3O5S/c1-2-3-14-34-20-10-6-18(7-11-20)23(31)28-16-22(30)27-12-13-29-24(32)21(35-25(29)33)15-17-4-8-19(26)9-5-17/h4-11,15H,2-3,12-14,16H2,1H3,(H,27,30)(H,28,31)/b21-15-. The number of imide groups is 1. The lowest BCUT2D eigenvalue weighted by Crippen LogP contribution is -2.41. The summed E-state index contributed by atoms with van der Waals surface area (Å²) in [5.74, 6) is -1.06. The number of hydrogen-bond donors (Lipinski definition) is 2. The molecule has 0 bridgehead atoms. The summed E-state index contributed by atoms with van der Waals surface area (Å²) < 4.78 is 18.6. The zero-order valence-electron chi connectivity index (χ0n) is 19.2. The number of rotatable bonds is 11. The van der Waals surface area contributed by atoms with Crippen molar-refractivity contribution in [1.82, 2.24) is 15.5 Å². The van der Waals surface area contributed by atoms with Gasteiger partial charge in [0.05, 0.1) is 18.1 Å². The van der Waals surface area contributed by atoms with Gasteiger partial charge in [-0.05, 0) is 66.2 Å². The van der Waals surface area contributed by atoms with Crippen LogP contribution in [0.5, 0.6) is 5.75 Å². The van der Waals surface area contributed by atoms with Crippen molar-refractivity contribution in [2.75, 3.05) is 26.2 Å². The number of nitrogens with zero attached hydrogens (tertiary/aromatic N) is 1. The van der Waals surface area contributed by atoms with E-state index < -0.39 is 28.8 Å². The van der Waals surface area contributed by atoms with Gasteiger partial charge in [-0.3, -0.25) is 24.1 Å². The molecule has 1 saturated heterocycles. The normalized spacial score (nSPS) is 14.3. The molecule has 10 heteroatoms. The summed E-state index contributed by atoms with van der Waals surface area (Å²) in [7, 11) is 0. The molecule has 1 aliphatic rings. The van der Waals surface area contributed by atoms with Gasteiger partial charge in [0.15, 0.2) is 0 Å². The first kappa shape index (κ1) is 26.0. The van der Waals surface area contributed by atoms with Crippen LogP contribution in [0.25, 0.3) is 6.08 Å². The van der Waals surface area contributed by atoms with E-state index >= 15 is 0 Å². The molecule has 1 fully saturated rings. The first-order valence-corrected chi connectivity index (χ1v) is 12.0. The lowest BCUT2D eigenvalue weighted by Gasteiger charge is -2.13. The third-order valence-corrected chi connectivity index (χ3v) is 5.90. The number of thioether (sulfide) groups is 1. The first-order valence-electron chi connectivity index (χ1n) is 11.2. The van der Waals surface area contributed by atoms with Gasteiger partial charge in [-0.25, -0.2) is 4.39 Å². The van der Waals surface area contributed by atoms with E-state index in [0.29, 0.717) is 23.5 Å². The average Bonchev–Trinajstić information content (AvgIpc) is 3.12. The van der Waals surface area contributed by atoms with E-state index in [2.05, 4.69) is 17.6 Å². The van der Waals surface area contributed by atoms with Crippen molar-refractivity contribution in [2.45, 2.75) is 19.8 Å². The van der Waals surface area contributed by atoms with E-state index in [4.69, 9.17) is 4.74 Å². The van der Waals surface area contributed by atoms with Crippen LogP contribution in [-0.2, 0) is 9.59 Å². The summed E-state index contributed by atoms with van der Waals surface area (Å²) in [5.41, 5.74) is 0.992. The van der Waals surface area contributed by atoms with Gasteiger partial charge in [0.1, 0.15) is 11.6 Å². The van der Waals surface area contributed by atoms with Crippen molar-refractivity contribution >= 4 is 40.8 Å². The van der Waals surface area contributed by atoms with Crippen molar-refractivity contribution in [3.8, 4) is 5.75 Å². The third-order valence-electron chi connectivity index (χ3n) is 4.99. The van der Waals surface area contributed by atoms with Crippen molar-refractivity contribution in [2.24, 2.45) is 0 Å². The van der Waals surface area contributed by atoms with Gasteiger partial charge in [0.25, 0.3) is 17.1 Å². The van der Waals surface area contributed by atoms with Crippen molar-refractivity contribution in [3.05, 3.63) is 70.4 Å².